The van der Waals surface area contributed by atoms with E-state index in [1.807, 2.05) is 18.2 Å². The van der Waals surface area contributed by atoms with E-state index in [1.165, 1.54) is 37.1 Å². The number of amides is 2. The quantitative estimate of drug-likeness (QED) is 0.246. The molecule has 0 spiro atoms. The Morgan fingerprint density at radius 3 is 2.56 bits per heavy atom. The summed E-state index contributed by atoms with van der Waals surface area (Å²) in [6.07, 6.45) is 6.71. The first-order chi connectivity index (χ1) is 19.0. The maximum atomic E-state index is 13.2. The van der Waals surface area contributed by atoms with Crippen LogP contribution in [-0.2, 0) is 11.3 Å². The first-order valence-electron chi connectivity index (χ1n) is 13.8. The van der Waals surface area contributed by atoms with E-state index in [0.29, 0.717) is 10.6 Å². The SMILES string of the molecule is O=C(N[C@@H]1CCC[C@@H]1C(=O)Nc1ccc(-c2ccccc2CN2CCCC2)cc1)c1ccc2c(Cl)c[nH]c2c1. The second-order valence-electron chi connectivity index (χ2n) is 10.7. The summed E-state index contributed by atoms with van der Waals surface area (Å²) in [5, 5.41) is 7.70. The van der Waals surface area contributed by atoms with Crippen LogP contribution in [0.25, 0.3) is 22.0 Å². The number of nitrogens with zero attached hydrogens (tertiary/aromatic N) is 1. The van der Waals surface area contributed by atoms with E-state index in [1.54, 1.807) is 18.3 Å². The molecule has 2 fully saturated rings. The number of H-pyrrole nitrogens is 1. The predicted octanol–water partition coefficient (Wildman–Crippen LogP) is 6.62. The highest BCUT2D eigenvalue weighted by atomic mass is 35.5. The minimum atomic E-state index is -0.265. The highest BCUT2D eigenvalue weighted by molar-refractivity contribution is 6.35. The molecule has 2 heterocycles. The summed E-state index contributed by atoms with van der Waals surface area (Å²) in [5.74, 6) is -0.491. The van der Waals surface area contributed by atoms with Gasteiger partial charge in [0.2, 0.25) is 5.91 Å². The molecule has 2 atom stereocenters. The molecule has 7 heteroatoms. The molecule has 1 saturated carbocycles. The zero-order valence-corrected chi connectivity index (χ0v) is 22.6. The van der Waals surface area contributed by atoms with Crippen molar-refractivity contribution in [3.8, 4) is 11.1 Å². The van der Waals surface area contributed by atoms with Gasteiger partial charge in [0.1, 0.15) is 0 Å². The van der Waals surface area contributed by atoms with Crippen molar-refractivity contribution in [3.63, 3.8) is 0 Å². The Balaban J connectivity index is 1.10. The van der Waals surface area contributed by atoms with E-state index in [4.69, 9.17) is 11.6 Å². The lowest BCUT2D eigenvalue weighted by atomic mass is 9.98. The normalized spacial score (nSPS) is 19.4. The molecule has 1 aliphatic heterocycles. The molecule has 0 radical (unpaired) electrons. The Kier molecular flexibility index (Phi) is 7.40. The van der Waals surface area contributed by atoms with Gasteiger partial charge in [-0.15, -0.1) is 0 Å². The number of hydrogen-bond donors (Lipinski definition) is 3. The molecule has 4 aromatic rings. The average Bonchev–Trinajstić information content (AvgIpc) is 3.72. The number of fused-ring (bicyclic) bond motifs is 1. The number of nitrogens with one attached hydrogen (secondary N) is 3. The van der Waals surface area contributed by atoms with Crippen LogP contribution in [0, 0.1) is 5.92 Å². The number of benzene rings is 3. The first-order valence-corrected chi connectivity index (χ1v) is 14.2. The molecular weight excluding hydrogens is 508 g/mol. The number of rotatable bonds is 7. The van der Waals surface area contributed by atoms with Crippen LogP contribution >= 0.6 is 11.6 Å². The standard InChI is InChI=1S/C32H33ClN4O2/c33-28-19-34-30-18-22(12-15-26(28)30)31(38)36-29-9-5-8-27(29)32(39)35-24-13-10-21(11-14-24)25-7-2-1-6-23(25)20-37-16-3-4-17-37/h1-2,6-7,10-15,18-19,27,29,34H,3-5,8-9,16-17,20H2,(H,35,39)(H,36,38)/t27-,29+/m0/s1. The van der Waals surface area contributed by atoms with Crippen LogP contribution in [-0.4, -0.2) is 40.8 Å². The van der Waals surface area contributed by atoms with E-state index in [-0.39, 0.29) is 23.8 Å². The van der Waals surface area contributed by atoms with Gasteiger partial charge >= 0.3 is 0 Å². The van der Waals surface area contributed by atoms with Gasteiger partial charge in [-0.2, -0.15) is 0 Å². The maximum Gasteiger partial charge on any atom is 0.251 e. The second kappa shape index (κ2) is 11.2. The molecule has 1 saturated heterocycles. The van der Waals surface area contributed by atoms with E-state index in [9.17, 15) is 9.59 Å². The summed E-state index contributed by atoms with van der Waals surface area (Å²) in [5.41, 5.74) is 5.85. The van der Waals surface area contributed by atoms with Crippen LogP contribution in [0.15, 0.2) is 72.9 Å². The van der Waals surface area contributed by atoms with E-state index in [0.717, 1.165) is 48.0 Å². The number of carbonyl (C=O) groups is 2. The number of anilines is 1. The van der Waals surface area contributed by atoms with Gasteiger partial charge in [-0.05, 0) is 79.7 Å². The Labute approximate surface area is 233 Å². The zero-order chi connectivity index (χ0) is 26.8. The van der Waals surface area contributed by atoms with Crippen LogP contribution in [0.1, 0.15) is 48.0 Å². The van der Waals surface area contributed by atoms with Crippen LogP contribution in [0.3, 0.4) is 0 Å². The van der Waals surface area contributed by atoms with Crippen molar-refractivity contribution < 1.29 is 9.59 Å². The Bertz CT molecular complexity index is 1490. The van der Waals surface area contributed by atoms with Crippen LogP contribution in [0.4, 0.5) is 5.69 Å². The zero-order valence-electron chi connectivity index (χ0n) is 21.9. The van der Waals surface area contributed by atoms with Crippen molar-refractivity contribution in [3.05, 3.63) is 89.1 Å². The van der Waals surface area contributed by atoms with Gasteiger partial charge in [0.05, 0.1) is 10.9 Å². The van der Waals surface area contributed by atoms with Gasteiger partial charge < -0.3 is 15.6 Å². The molecule has 1 aliphatic carbocycles. The van der Waals surface area contributed by atoms with Gasteiger partial charge in [-0.3, -0.25) is 14.5 Å². The molecular formula is C32H33ClN4O2. The number of aromatic nitrogens is 1. The topological polar surface area (TPSA) is 77.2 Å². The van der Waals surface area contributed by atoms with Gasteiger partial charge in [0.15, 0.2) is 0 Å². The van der Waals surface area contributed by atoms with E-state index in [2.05, 4.69) is 56.9 Å². The molecule has 200 valence electrons. The van der Waals surface area contributed by atoms with Crippen LogP contribution in [0.5, 0.6) is 0 Å². The number of hydrogen-bond acceptors (Lipinski definition) is 3. The summed E-state index contributed by atoms with van der Waals surface area (Å²) in [7, 11) is 0. The first kappa shape index (κ1) is 25.7. The Morgan fingerprint density at radius 2 is 1.74 bits per heavy atom. The fourth-order valence-electron chi connectivity index (χ4n) is 6.02. The minimum Gasteiger partial charge on any atom is -0.360 e. The molecule has 6 nitrogen and oxygen atoms in total. The Hall–Kier alpha value is -3.61. The number of aromatic amines is 1. The lowest BCUT2D eigenvalue weighted by molar-refractivity contribution is -0.120. The fraction of sp³-hybridized carbons (Fsp3) is 0.312. The smallest absolute Gasteiger partial charge is 0.251 e. The van der Waals surface area contributed by atoms with Gasteiger partial charge in [0.25, 0.3) is 5.91 Å². The van der Waals surface area contributed by atoms with Crippen molar-refractivity contribution in [2.75, 3.05) is 18.4 Å². The summed E-state index contributed by atoms with van der Waals surface area (Å²) < 4.78 is 0. The molecule has 3 aromatic carbocycles. The third-order valence-electron chi connectivity index (χ3n) is 8.14. The molecule has 6 rings (SSSR count). The summed E-state index contributed by atoms with van der Waals surface area (Å²) in [6, 6.07) is 21.9. The van der Waals surface area contributed by atoms with Gasteiger partial charge in [-0.1, -0.05) is 60.5 Å². The Morgan fingerprint density at radius 1 is 0.949 bits per heavy atom. The number of likely N-dealkylation sites (tertiary alicyclic amines) is 1. The monoisotopic (exact) mass is 540 g/mol. The summed E-state index contributed by atoms with van der Waals surface area (Å²) in [4.78, 5) is 31.8. The highest BCUT2D eigenvalue weighted by Crippen LogP contribution is 2.30. The highest BCUT2D eigenvalue weighted by Gasteiger charge is 2.34. The number of halogens is 1. The molecule has 0 bridgehead atoms. The second-order valence-corrected chi connectivity index (χ2v) is 11.1. The summed E-state index contributed by atoms with van der Waals surface area (Å²) in [6.45, 7) is 3.30. The van der Waals surface area contributed by atoms with Crippen LogP contribution in [0.2, 0.25) is 5.02 Å². The van der Waals surface area contributed by atoms with Crippen molar-refractivity contribution in [2.24, 2.45) is 5.92 Å². The van der Waals surface area contributed by atoms with Gasteiger partial charge in [-0.25, -0.2) is 0 Å². The largest absolute Gasteiger partial charge is 0.360 e. The van der Waals surface area contributed by atoms with E-state index < -0.39 is 0 Å². The fourth-order valence-corrected chi connectivity index (χ4v) is 6.24. The van der Waals surface area contributed by atoms with Crippen molar-refractivity contribution >= 4 is 40.0 Å². The molecule has 3 N–H and O–H groups in total. The number of carbonyl (C=O) groups excluding carboxylic acids is 2. The molecule has 39 heavy (non-hydrogen) atoms. The molecule has 2 aliphatic rings. The maximum absolute atomic E-state index is 13.2. The van der Waals surface area contributed by atoms with Crippen molar-refractivity contribution in [1.82, 2.24) is 15.2 Å². The summed E-state index contributed by atoms with van der Waals surface area (Å²) >= 11 is 6.16. The van der Waals surface area contributed by atoms with E-state index >= 15 is 0 Å². The van der Waals surface area contributed by atoms with Crippen LogP contribution < -0.4 is 10.6 Å². The lowest BCUT2D eigenvalue weighted by Crippen LogP contribution is -2.41. The minimum absolute atomic E-state index is 0.0495. The average molecular weight is 541 g/mol. The van der Waals surface area contributed by atoms with Gasteiger partial charge in [0, 0.05) is 40.9 Å². The molecule has 2 amide bonds. The molecule has 1 aromatic heterocycles. The third kappa shape index (κ3) is 5.58. The van der Waals surface area contributed by atoms with Crippen molar-refractivity contribution in [1.29, 1.82) is 0 Å². The third-order valence-corrected chi connectivity index (χ3v) is 8.45. The molecule has 0 unspecified atom stereocenters. The lowest BCUT2D eigenvalue weighted by Gasteiger charge is -2.21. The predicted molar refractivity (Wildman–Crippen MR) is 157 cm³/mol. The van der Waals surface area contributed by atoms with Crippen molar-refractivity contribution in [2.45, 2.75) is 44.7 Å².